The second-order valence-electron chi connectivity index (χ2n) is 7.24. The molecule has 30 heavy (non-hydrogen) atoms. The number of methoxy groups -OCH3 is 1. The number of ether oxygens (including phenoxy) is 2. The quantitative estimate of drug-likeness (QED) is 0.566. The van der Waals surface area contributed by atoms with Crippen molar-refractivity contribution in [3.63, 3.8) is 0 Å². The van der Waals surface area contributed by atoms with Crippen molar-refractivity contribution in [1.82, 2.24) is 15.3 Å². The number of halogens is 3. The van der Waals surface area contributed by atoms with Crippen LogP contribution in [0.3, 0.4) is 0 Å². The Hall–Kier alpha value is -2.75. The summed E-state index contributed by atoms with van der Waals surface area (Å²) in [5.74, 6) is 1.23. The van der Waals surface area contributed by atoms with E-state index in [9.17, 15) is 18.0 Å². The van der Waals surface area contributed by atoms with E-state index in [-0.39, 0.29) is 28.8 Å². The van der Waals surface area contributed by atoms with Crippen molar-refractivity contribution >= 4 is 28.3 Å². The smallest absolute Gasteiger partial charge is 0.422 e. The average Bonchev–Trinajstić information content (AvgIpc) is 3.16. The van der Waals surface area contributed by atoms with Gasteiger partial charge in [0, 0.05) is 22.8 Å². The van der Waals surface area contributed by atoms with E-state index in [1.807, 2.05) is 18.2 Å². The van der Waals surface area contributed by atoms with Crippen LogP contribution in [0.4, 0.5) is 13.2 Å². The first-order valence-electron chi connectivity index (χ1n) is 9.37. The second-order valence-corrected chi connectivity index (χ2v) is 8.32. The zero-order valence-corrected chi connectivity index (χ0v) is 17.1. The van der Waals surface area contributed by atoms with Crippen molar-refractivity contribution in [2.45, 2.75) is 31.5 Å². The zero-order valence-electron chi connectivity index (χ0n) is 16.2. The summed E-state index contributed by atoms with van der Waals surface area (Å²) in [5, 5.41) is 3.10. The Morgan fingerprint density at radius 1 is 1.37 bits per heavy atom. The van der Waals surface area contributed by atoms with Crippen molar-refractivity contribution < 1.29 is 27.4 Å². The predicted molar refractivity (Wildman–Crippen MR) is 106 cm³/mol. The lowest BCUT2D eigenvalue weighted by Crippen LogP contribution is -2.28. The summed E-state index contributed by atoms with van der Waals surface area (Å²) in [6, 6.07) is 8.38. The van der Waals surface area contributed by atoms with Crippen LogP contribution in [0.2, 0.25) is 0 Å². The third-order valence-electron chi connectivity index (χ3n) is 4.95. The number of carbonyl (C=O) groups is 1. The number of aromatic nitrogens is 2. The average molecular weight is 439 g/mol. The van der Waals surface area contributed by atoms with Crippen molar-refractivity contribution in [2.24, 2.45) is 5.92 Å². The summed E-state index contributed by atoms with van der Waals surface area (Å²) in [6.07, 6.45) is -3.69. The lowest BCUT2D eigenvalue weighted by molar-refractivity contribution is -0.152. The number of fused-ring (bicyclic) bond motifs is 1. The number of nitrogens with zero attached hydrogens (tertiary/aromatic N) is 1. The first kappa shape index (κ1) is 20.5. The van der Waals surface area contributed by atoms with Crippen LogP contribution < -0.4 is 14.8 Å². The fraction of sp³-hybridized carbons (Fsp3) is 0.400. The second kappa shape index (κ2) is 7.82. The molecule has 0 aliphatic heterocycles. The number of nitrogens with one attached hydrogen (secondary N) is 2. The van der Waals surface area contributed by atoms with Crippen molar-refractivity contribution in [3.8, 4) is 10.8 Å². The number of benzene rings is 1. The highest BCUT2D eigenvalue weighted by atomic mass is 32.1. The molecular formula is C20H20F3N3O3S. The number of rotatable bonds is 7. The van der Waals surface area contributed by atoms with Gasteiger partial charge in [-0.05, 0) is 37.6 Å². The Bertz CT molecular complexity index is 1060. The van der Waals surface area contributed by atoms with Gasteiger partial charge in [-0.2, -0.15) is 13.2 Å². The van der Waals surface area contributed by atoms with E-state index in [2.05, 4.69) is 15.3 Å². The third-order valence-corrected chi connectivity index (χ3v) is 6.13. The van der Waals surface area contributed by atoms with Crippen LogP contribution in [0, 0.1) is 5.92 Å². The molecule has 4 rings (SSSR count). The van der Waals surface area contributed by atoms with Crippen LogP contribution in [-0.2, 0) is 4.79 Å². The number of hydrogen-bond acceptors (Lipinski definition) is 5. The Morgan fingerprint density at radius 2 is 2.17 bits per heavy atom. The maximum Gasteiger partial charge on any atom is 0.422 e. The van der Waals surface area contributed by atoms with E-state index in [1.165, 1.54) is 6.07 Å². The maximum absolute atomic E-state index is 12.6. The first-order valence-corrected chi connectivity index (χ1v) is 10.2. The highest BCUT2D eigenvalue weighted by Gasteiger charge is 2.46. The number of alkyl halides is 3. The van der Waals surface area contributed by atoms with E-state index in [4.69, 9.17) is 9.47 Å². The monoisotopic (exact) mass is 439 g/mol. The molecular weight excluding hydrogens is 419 g/mol. The number of thiophene rings is 1. The van der Waals surface area contributed by atoms with Crippen LogP contribution in [0.15, 0.2) is 30.3 Å². The summed E-state index contributed by atoms with van der Waals surface area (Å²) in [7, 11) is 1.60. The lowest BCUT2D eigenvalue weighted by Gasteiger charge is -2.12. The molecule has 0 radical (unpaired) electrons. The molecule has 1 fully saturated rings. The van der Waals surface area contributed by atoms with Gasteiger partial charge < -0.3 is 19.8 Å². The fourth-order valence-corrected chi connectivity index (χ4v) is 4.15. The molecule has 3 aromatic rings. The third kappa shape index (κ3) is 4.53. The molecule has 2 heterocycles. The van der Waals surface area contributed by atoms with Crippen LogP contribution in [0.1, 0.15) is 36.0 Å². The molecule has 1 aromatic carbocycles. The molecule has 1 amide bonds. The van der Waals surface area contributed by atoms with Gasteiger partial charge >= 0.3 is 6.18 Å². The Balaban J connectivity index is 1.34. The molecule has 3 atom stereocenters. The van der Waals surface area contributed by atoms with E-state index >= 15 is 0 Å². The molecule has 1 aliphatic rings. The molecule has 10 heteroatoms. The Kier molecular flexibility index (Phi) is 5.35. The number of aromatic amines is 1. The standard InChI is InChI=1S/C20H20F3N3O3S/c1-10(16-5-6-17(30-16)29-9-20(21,22)23)24-19(27)13-8-12(13)18-25-14-4-3-11(28-2)7-15(14)26-18/h3-7,10,12-13H,8-9H2,1-2H3,(H,24,27)(H,25,26)/t10-,12-,13-/m1/s1. The van der Waals surface area contributed by atoms with E-state index in [1.54, 1.807) is 20.1 Å². The SMILES string of the molecule is COc1ccc2nc([C@@H]3C[C@H]3C(=O)N[C@H](C)c3ccc(OCC(F)(F)F)s3)[nH]c2c1. The number of H-pyrrole nitrogens is 1. The molecule has 0 bridgehead atoms. The molecule has 1 saturated carbocycles. The van der Waals surface area contributed by atoms with Gasteiger partial charge in [0.25, 0.3) is 0 Å². The van der Waals surface area contributed by atoms with Gasteiger partial charge in [0.2, 0.25) is 5.91 Å². The first-order chi connectivity index (χ1) is 14.2. The minimum atomic E-state index is -4.38. The largest absolute Gasteiger partial charge is 0.497 e. The van der Waals surface area contributed by atoms with Gasteiger partial charge in [0.1, 0.15) is 11.6 Å². The minimum absolute atomic E-state index is 0.0182. The van der Waals surface area contributed by atoms with Crippen LogP contribution in [0.5, 0.6) is 10.8 Å². The number of amides is 1. The normalized spacial score (nSPS) is 19.5. The summed E-state index contributed by atoms with van der Waals surface area (Å²) < 4.78 is 46.8. The molecule has 1 aliphatic carbocycles. The van der Waals surface area contributed by atoms with Crippen molar-refractivity contribution in [2.75, 3.05) is 13.7 Å². The van der Waals surface area contributed by atoms with Gasteiger partial charge in [-0.15, -0.1) is 11.3 Å². The summed E-state index contributed by atoms with van der Waals surface area (Å²) >= 11 is 1.09. The Labute approximate surface area is 174 Å². The molecule has 0 saturated heterocycles. The topological polar surface area (TPSA) is 76.2 Å². The van der Waals surface area contributed by atoms with Gasteiger partial charge in [0.05, 0.1) is 24.2 Å². The van der Waals surface area contributed by atoms with Gasteiger partial charge in [-0.3, -0.25) is 4.79 Å². The van der Waals surface area contributed by atoms with Gasteiger partial charge in [0.15, 0.2) is 11.7 Å². The zero-order chi connectivity index (χ0) is 21.5. The van der Waals surface area contributed by atoms with Crippen molar-refractivity contribution in [1.29, 1.82) is 0 Å². The number of hydrogen-bond donors (Lipinski definition) is 2. The predicted octanol–water partition coefficient (Wildman–Crippen LogP) is 4.56. The van der Waals surface area contributed by atoms with Gasteiger partial charge in [-0.25, -0.2) is 4.98 Å². The molecule has 160 valence electrons. The number of carbonyl (C=O) groups excluding carboxylic acids is 1. The van der Waals surface area contributed by atoms with Crippen LogP contribution in [-0.4, -0.2) is 35.8 Å². The van der Waals surface area contributed by atoms with Crippen LogP contribution in [0.25, 0.3) is 11.0 Å². The summed E-state index contributed by atoms with van der Waals surface area (Å²) in [6.45, 7) is 0.461. The fourth-order valence-electron chi connectivity index (χ4n) is 3.29. The molecule has 2 aromatic heterocycles. The van der Waals surface area contributed by atoms with Gasteiger partial charge in [-0.1, -0.05) is 0 Å². The van der Waals surface area contributed by atoms with E-state index in [0.29, 0.717) is 6.42 Å². The van der Waals surface area contributed by atoms with Crippen molar-refractivity contribution in [3.05, 3.63) is 41.0 Å². The highest BCUT2D eigenvalue weighted by molar-refractivity contribution is 7.13. The lowest BCUT2D eigenvalue weighted by atomic mass is 10.2. The van der Waals surface area contributed by atoms with E-state index in [0.717, 1.165) is 38.8 Å². The molecule has 0 spiro atoms. The summed E-state index contributed by atoms with van der Waals surface area (Å²) in [4.78, 5) is 21.2. The van der Waals surface area contributed by atoms with E-state index < -0.39 is 12.8 Å². The summed E-state index contributed by atoms with van der Waals surface area (Å²) in [5.41, 5.74) is 1.67. The maximum atomic E-state index is 12.6. The minimum Gasteiger partial charge on any atom is -0.497 e. The van der Waals surface area contributed by atoms with Crippen LogP contribution >= 0.6 is 11.3 Å². The molecule has 6 nitrogen and oxygen atoms in total. The Morgan fingerprint density at radius 3 is 2.90 bits per heavy atom. The molecule has 2 N–H and O–H groups in total. The highest BCUT2D eigenvalue weighted by Crippen LogP contribution is 2.47. The number of imidazole rings is 1. The molecule has 0 unspecified atom stereocenters.